The van der Waals surface area contributed by atoms with Crippen molar-refractivity contribution in [1.82, 2.24) is 0 Å². The van der Waals surface area contributed by atoms with E-state index in [1.807, 2.05) is 6.92 Å². The lowest BCUT2D eigenvalue weighted by Crippen LogP contribution is -2.41. The summed E-state index contributed by atoms with van der Waals surface area (Å²) in [6.07, 6.45) is 3.16. The highest BCUT2D eigenvalue weighted by Crippen LogP contribution is 2.27. The van der Waals surface area contributed by atoms with Crippen LogP contribution in [0.15, 0.2) is 0 Å². The molecule has 90 valence electrons. The third kappa shape index (κ3) is 4.47. The van der Waals surface area contributed by atoms with Gasteiger partial charge in [0.05, 0.1) is 18.8 Å². The Balaban J connectivity index is 2.35. The van der Waals surface area contributed by atoms with Crippen LogP contribution in [0.25, 0.3) is 0 Å². The molecule has 1 saturated heterocycles. The molecule has 1 heterocycles. The molecule has 0 saturated carbocycles. The van der Waals surface area contributed by atoms with Gasteiger partial charge in [-0.1, -0.05) is 0 Å². The average Bonchev–Trinajstić information content (AvgIpc) is 2.28. The lowest BCUT2D eigenvalue weighted by atomic mass is 9.87. The molecule has 1 rings (SSSR count). The van der Waals surface area contributed by atoms with Crippen LogP contribution in [0.2, 0.25) is 0 Å². The summed E-state index contributed by atoms with van der Waals surface area (Å²) in [5, 5.41) is 8.75. The van der Waals surface area contributed by atoms with Gasteiger partial charge in [0.25, 0.3) is 0 Å². The molecule has 4 nitrogen and oxygen atoms in total. The van der Waals surface area contributed by atoms with Crippen molar-refractivity contribution < 1.29 is 14.6 Å². The second-order valence-electron chi connectivity index (χ2n) is 4.49. The van der Waals surface area contributed by atoms with Crippen molar-refractivity contribution in [3.63, 3.8) is 0 Å². The molecule has 3 N–H and O–H groups in total. The van der Waals surface area contributed by atoms with Crippen molar-refractivity contribution in [2.24, 2.45) is 11.7 Å². The molecule has 0 aromatic rings. The van der Waals surface area contributed by atoms with Crippen molar-refractivity contribution in [1.29, 1.82) is 0 Å². The number of hydrogen-bond acceptors (Lipinski definition) is 4. The number of hydrogen-bond donors (Lipinski definition) is 2. The predicted octanol–water partition coefficient (Wildman–Crippen LogP) is 0.529. The van der Waals surface area contributed by atoms with E-state index in [-0.39, 0.29) is 12.2 Å². The molecule has 0 spiro atoms. The van der Waals surface area contributed by atoms with Gasteiger partial charge < -0.3 is 20.3 Å². The summed E-state index contributed by atoms with van der Waals surface area (Å²) < 4.78 is 10.9. The van der Waals surface area contributed by atoms with Gasteiger partial charge >= 0.3 is 0 Å². The maximum Gasteiger partial charge on any atom is 0.0780 e. The summed E-state index contributed by atoms with van der Waals surface area (Å²) in [6.45, 7) is 4.67. The Morgan fingerprint density at radius 3 is 2.67 bits per heavy atom. The Bertz CT molecular complexity index is 171. The van der Waals surface area contributed by atoms with E-state index in [4.69, 9.17) is 20.3 Å². The van der Waals surface area contributed by atoms with Gasteiger partial charge in [-0.2, -0.15) is 0 Å². The smallest absolute Gasteiger partial charge is 0.0780 e. The minimum absolute atomic E-state index is 0.0589. The van der Waals surface area contributed by atoms with Crippen LogP contribution in [-0.4, -0.2) is 43.7 Å². The standard InChI is InChI=1S/C11H23NO3/c1-11(9-12,15-7-4-13)8-10-2-5-14-6-3-10/h10,13H,2-9,12H2,1H3. The lowest BCUT2D eigenvalue weighted by Gasteiger charge is -2.33. The highest BCUT2D eigenvalue weighted by Gasteiger charge is 2.28. The van der Waals surface area contributed by atoms with Crippen molar-refractivity contribution >= 4 is 0 Å². The third-order valence-corrected chi connectivity index (χ3v) is 3.03. The topological polar surface area (TPSA) is 64.7 Å². The van der Waals surface area contributed by atoms with Crippen LogP contribution in [0.4, 0.5) is 0 Å². The Hall–Kier alpha value is -0.160. The lowest BCUT2D eigenvalue weighted by molar-refractivity contribution is -0.0635. The molecule has 0 amide bonds. The molecule has 0 radical (unpaired) electrons. The van der Waals surface area contributed by atoms with E-state index in [9.17, 15) is 0 Å². The van der Waals surface area contributed by atoms with Gasteiger partial charge in [-0.3, -0.25) is 0 Å². The second-order valence-corrected chi connectivity index (χ2v) is 4.49. The maximum absolute atomic E-state index is 8.75. The van der Waals surface area contributed by atoms with Gasteiger partial charge in [-0.05, 0) is 32.1 Å². The van der Waals surface area contributed by atoms with Crippen molar-refractivity contribution in [3.05, 3.63) is 0 Å². The first-order chi connectivity index (χ1) is 7.20. The molecule has 0 aliphatic carbocycles. The fourth-order valence-corrected chi connectivity index (χ4v) is 2.05. The average molecular weight is 217 g/mol. The molecule has 1 unspecified atom stereocenters. The van der Waals surface area contributed by atoms with E-state index < -0.39 is 0 Å². The van der Waals surface area contributed by atoms with Crippen LogP contribution in [0.5, 0.6) is 0 Å². The quantitative estimate of drug-likeness (QED) is 0.681. The molecular formula is C11H23NO3. The van der Waals surface area contributed by atoms with E-state index in [1.165, 1.54) is 0 Å². The van der Waals surface area contributed by atoms with Gasteiger partial charge in [0, 0.05) is 19.8 Å². The monoisotopic (exact) mass is 217 g/mol. The zero-order valence-electron chi connectivity index (χ0n) is 9.58. The number of aliphatic hydroxyl groups excluding tert-OH is 1. The van der Waals surface area contributed by atoms with E-state index in [1.54, 1.807) is 0 Å². The minimum Gasteiger partial charge on any atom is -0.394 e. The number of rotatable bonds is 6. The SMILES string of the molecule is CC(CN)(CC1CCOCC1)OCCO. The highest BCUT2D eigenvalue weighted by molar-refractivity contribution is 4.81. The molecular weight excluding hydrogens is 194 g/mol. The largest absolute Gasteiger partial charge is 0.394 e. The van der Waals surface area contributed by atoms with E-state index in [2.05, 4.69) is 0 Å². The normalized spacial score (nSPS) is 22.6. The van der Waals surface area contributed by atoms with Crippen molar-refractivity contribution in [2.75, 3.05) is 33.0 Å². The second kappa shape index (κ2) is 6.43. The molecule has 1 atom stereocenters. The minimum atomic E-state index is -0.287. The first kappa shape index (κ1) is 12.9. The van der Waals surface area contributed by atoms with Crippen LogP contribution in [0.3, 0.4) is 0 Å². The number of ether oxygens (including phenoxy) is 2. The van der Waals surface area contributed by atoms with Gasteiger partial charge in [0.15, 0.2) is 0 Å². The first-order valence-electron chi connectivity index (χ1n) is 5.73. The van der Waals surface area contributed by atoms with Gasteiger partial charge in [0.1, 0.15) is 0 Å². The maximum atomic E-state index is 8.75. The molecule has 1 aliphatic heterocycles. The predicted molar refractivity (Wildman–Crippen MR) is 58.7 cm³/mol. The van der Waals surface area contributed by atoms with Crippen LogP contribution in [0.1, 0.15) is 26.2 Å². The fraction of sp³-hybridized carbons (Fsp3) is 1.00. The van der Waals surface area contributed by atoms with E-state index in [0.717, 1.165) is 32.5 Å². The Morgan fingerprint density at radius 1 is 1.47 bits per heavy atom. The Labute approximate surface area is 91.7 Å². The molecule has 0 aromatic carbocycles. The third-order valence-electron chi connectivity index (χ3n) is 3.03. The first-order valence-corrected chi connectivity index (χ1v) is 5.73. The van der Waals surface area contributed by atoms with Crippen LogP contribution >= 0.6 is 0 Å². The molecule has 4 heteroatoms. The molecule has 0 aromatic heterocycles. The van der Waals surface area contributed by atoms with E-state index >= 15 is 0 Å². The summed E-state index contributed by atoms with van der Waals surface area (Å²) in [7, 11) is 0. The molecule has 1 aliphatic rings. The van der Waals surface area contributed by atoms with Crippen molar-refractivity contribution in [2.45, 2.75) is 31.8 Å². The number of nitrogens with two attached hydrogens (primary N) is 1. The van der Waals surface area contributed by atoms with Crippen LogP contribution in [0, 0.1) is 5.92 Å². The van der Waals surface area contributed by atoms with Gasteiger partial charge in [-0.25, -0.2) is 0 Å². The zero-order valence-corrected chi connectivity index (χ0v) is 9.58. The highest BCUT2D eigenvalue weighted by atomic mass is 16.5. The summed E-state index contributed by atoms with van der Waals surface area (Å²) in [6, 6.07) is 0. The van der Waals surface area contributed by atoms with Crippen molar-refractivity contribution in [3.8, 4) is 0 Å². The molecule has 15 heavy (non-hydrogen) atoms. The summed E-state index contributed by atoms with van der Waals surface area (Å²) >= 11 is 0. The van der Waals surface area contributed by atoms with Gasteiger partial charge in [-0.15, -0.1) is 0 Å². The molecule has 0 bridgehead atoms. The van der Waals surface area contributed by atoms with E-state index in [0.29, 0.717) is 19.1 Å². The zero-order chi connectivity index (χ0) is 11.1. The molecule has 1 fully saturated rings. The van der Waals surface area contributed by atoms with Crippen LogP contribution < -0.4 is 5.73 Å². The summed E-state index contributed by atoms with van der Waals surface area (Å²) in [5.74, 6) is 0.644. The Morgan fingerprint density at radius 2 is 2.13 bits per heavy atom. The van der Waals surface area contributed by atoms with Crippen LogP contribution in [-0.2, 0) is 9.47 Å². The Kier molecular flexibility index (Phi) is 5.53. The number of aliphatic hydroxyl groups is 1. The summed E-state index contributed by atoms with van der Waals surface area (Å²) in [5.41, 5.74) is 5.44. The van der Waals surface area contributed by atoms with Gasteiger partial charge in [0.2, 0.25) is 0 Å². The summed E-state index contributed by atoms with van der Waals surface area (Å²) in [4.78, 5) is 0. The fourth-order valence-electron chi connectivity index (χ4n) is 2.05.